The molecule has 3 heterocycles. The maximum atomic E-state index is 12.4. The zero-order chi connectivity index (χ0) is 14.2. The van der Waals surface area contributed by atoms with Crippen molar-refractivity contribution in [2.24, 2.45) is 0 Å². The van der Waals surface area contributed by atoms with Crippen LogP contribution in [0.5, 0.6) is 0 Å². The van der Waals surface area contributed by atoms with E-state index in [0.717, 1.165) is 24.0 Å². The lowest BCUT2D eigenvalue weighted by atomic mass is 10.2. The zero-order valence-corrected chi connectivity index (χ0v) is 11.5. The fourth-order valence-electron chi connectivity index (χ4n) is 2.63. The molecule has 1 aliphatic heterocycles. The summed E-state index contributed by atoms with van der Waals surface area (Å²) in [6.07, 6.45) is 1.54. The number of hydrogen-bond donors (Lipinski definition) is 0. The average molecular weight is 285 g/mol. The van der Waals surface area contributed by atoms with Crippen molar-refractivity contribution in [3.05, 3.63) is 41.1 Å². The molecule has 0 spiro atoms. The molecule has 0 bridgehead atoms. The highest BCUT2D eigenvalue weighted by molar-refractivity contribution is 5.90. The predicted molar refractivity (Wildman–Crippen MR) is 77.1 cm³/mol. The summed E-state index contributed by atoms with van der Waals surface area (Å²) in [5, 5.41) is 5.37. The fourth-order valence-corrected chi connectivity index (χ4v) is 2.63. The first-order valence-corrected chi connectivity index (χ1v) is 6.96. The summed E-state index contributed by atoms with van der Waals surface area (Å²) in [6, 6.07) is 7.70. The van der Waals surface area contributed by atoms with E-state index < -0.39 is 0 Å². The van der Waals surface area contributed by atoms with Gasteiger partial charge in [-0.05, 0) is 12.1 Å². The van der Waals surface area contributed by atoms with E-state index in [1.165, 1.54) is 9.08 Å². The molecule has 1 aliphatic rings. The van der Waals surface area contributed by atoms with Crippen LogP contribution in [0.25, 0.3) is 16.6 Å². The average Bonchev–Trinajstić information content (AvgIpc) is 2.85. The van der Waals surface area contributed by atoms with Gasteiger partial charge in [-0.15, -0.1) is 5.10 Å². The van der Waals surface area contributed by atoms with Crippen LogP contribution in [0, 0.1) is 0 Å². The topological polar surface area (TPSA) is 64.7 Å². The Bertz CT molecular complexity index is 847. The van der Waals surface area contributed by atoms with Crippen LogP contribution >= 0.6 is 0 Å². The zero-order valence-electron chi connectivity index (χ0n) is 11.5. The second-order valence-corrected chi connectivity index (χ2v) is 5.11. The number of rotatable bonds is 2. The molecule has 7 heteroatoms. The Balaban J connectivity index is 1.81. The Labute approximate surface area is 120 Å². The molecule has 0 atom stereocenters. The minimum atomic E-state index is -0.158. The molecule has 3 aromatic rings. The molecular formula is C14H15N5O2. The number of fused-ring (bicyclic) bond motifs is 3. The van der Waals surface area contributed by atoms with E-state index in [1.54, 1.807) is 6.33 Å². The summed E-state index contributed by atoms with van der Waals surface area (Å²) in [5.41, 5.74) is 1.34. The van der Waals surface area contributed by atoms with Crippen molar-refractivity contribution in [3.63, 3.8) is 0 Å². The largest absolute Gasteiger partial charge is 0.379 e. The van der Waals surface area contributed by atoms with Crippen LogP contribution in [0.15, 0.2) is 35.4 Å². The van der Waals surface area contributed by atoms with E-state index >= 15 is 0 Å². The summed E-state index contributed by atoms with van der Waals surface area (Å²) in [5.74, 6) is 0. The SMILES string of the molecule is O=c1n(CN2CCOCC2)nc2c3ccccc3ncn12. The number of benzene rings is 1. The number of aromatic nitrogens is 4. The first-order chi connectivity index (χ1) is 10.3. The summed E-state index contributed by atoms with van der Waals surface area (Å²) in [6.45, 7) is 3.52. The Morgan fingerprint density at radius 1 is 1.19 bits per heavy atom. The van der Waals surface area contributed by atoms with Crippen molar-refractivity contribution in [3.8, 4) is 0 Å². The minimum absolute atomic E-state index is 0.158. The summed E-state index contributed by atoms with van der Waals surface area (Å²) in [4.78, 5) is 18.9. The van der Waals surface area contributed by atoms with Crippen LogP contribution in [0.1, 0.15) is 0 Å². The summed E-state index contributed by atoms with van der Waals surface area (Å²) in [7, 11) is 0. The second-order valence-electron chi connectivity index (χ2n) is 5.11. The summed E-state index contributed by atoms with van der Waals surface area (Å²) >= 11 is 0. The van der Waals surface area contributed by atoms with Gasteiger partial charge in [-0.2, -0.15) is 4.68 Å². The molecule has 0 amide bonds. The number of ether oxygens (including phenoxy) is 1. The van der Waals surface area contributed by atoms with Crippen LogP contribution in [-0.4, -0.2) is 50.4 Å². The first kappa shape index (κ1) is 12.5. The van der Waals surface area contributed by atoms with Crippen LogP contribution in [0.2, 0.25) is 0 Å². The van der Waals surface area contributed by atoms with Crippen molar-refractivity contribution in [2.75, 3.05) is 26.3 Å². The lowest BCUT2D eigenvalue weighted by molar-refractivity contribution is 0.0207. The molecule has 1 saturated heterocycles. The minimum Gasteiger partial charge on any atom is -0.379 e. The molecule has 0 aliphatic carbocycles. The van der Waals surface area contributed by atoms with Gasteiger partial charge in [0.2, 0.25) is 0 Å². The number of morpholine rings is 1. The maximum Gasteiger partial charge on any atom is 0.352 e. The van der Waals surface area contributed by atoms with Gasteiger partial charge in [0, 0.05) is 18.5 Å². The van der Waals surface area contributed by atoms with E-state index in [1.807, 2.05) is 24.3 Å². The van der Waals surface area contributed by atoms with E-state index in [4.69, 9.17) is 4.74 Å². The van der Waals surface area contributed by atoms with E-state index in [2.05, 4.69) is 15.0 Å². The van der Waals surface area contributed by atoms with Gasteiger partial charge in [0.1, 0.15) is 6.33 Å². The third kappa shape index (κ3) is 2.10. The molecular weight excluding hydrogens is 270 g/mol. The third-order valence-corrected chi connectivity index (χ3v) is 3.77. The lowest BCUT2D eigenvalue weighted by Crippen LogP contribution is -2.40. The number of para-hydroxylation sites is 1. The normalized spacial score (nSPS) is 16.8. The van der Waals surface area contributed by atoms with Crippen LogP contribution < -0.4 is 5.69 Å². The lowest BCUT2D eigenvalue weighted by Gasteiger charge is -2.25. The van der Waals surface area contributed by atoms with E-state index in [-0.39, 0.29) is 5.69 Å². The molecule has 0 radical (unpaired) electrons. The smallest absolute Gasteiger partial charge is 0.352 e. The molecule has 108 valence electrons. The summed E-state index contributed by atoms with van der Waals surface area (Å²) < 4.78 is 8.32. The molecule has 0 saturated carbocycles. The Hall–Kier alpha value is -2.25. The highest BCUT2D eigenvalue weighted by Gasteiger charge is 2.15. The van der Waals surface area contributed by atoms with Crippen LogP contribution in [0.3, 0.4) is 0 Å². The highest BCUT2D eigenvalue weighted by atomic mass is 16.5. The molecule has 2 aromatic heterocycles. The Morgan fingerprint density at radius 3 is 2.86 bits per heavy atom. The molecule has 0 N–H and O–H groups in total. The number of hydrogen-bond acceptors (Lipinski definition) is 5. The molecule has 1 aromatic carbocycles. The highest BCUT2D eigenvalue weighted by Crippen LogP contribution is 2.14. The van der Waals surface area contributed by atoms with E-state index in [0.29, 0.717) is 25.5 Å². The molecule has 0 unspecified atom stereocenters. The molecule has 7 nitrogen and oxygen atoms in total. The standard InChI is InChI=1S/C14H15N5O2/c20-14-18-9-15-12-4-2-1-3-11(12)13(18)16-19(14)10-17-5-7-21-8-6-17/h1-4,9H,5-8,10H2. The van der Waals surface area contributed by atoms with E-state index in [9.17, 15) is 4.79 Å². The second kappa shape index (κ2) is 4.94. The van der Waals surface area contributed by atoms with Crippen molar-refractivity contribution in [2.45, 2.75) is 6.67 Å². The maximum absolute atomic E-state index is 12.4. The number of nitrogens with zero attached hydrogens (tertiary/aromatic N) is 5. The van der Waals surface area contributed by atoms with Gasteiger partial charge < -0.3 is 4.74 Å². The van der Waals surface area contributed by atoms with Crippen LogP contribution in [0.4, 0.5) is 0 Å². The monoisotopic (exact) mass is 285 g/mol. The fraction of sp³-hybridized carbons (Fsp3) is 0.357. The predicted octanol–water partition coefficient (Wildman–Crippen LogP) is 0.334. The molecule has 21 heavy (non-hydrogen) atoms. The van der Waals surface area contributed by atoms with Crippen molar-refractivity contribution in [1.82, 2.24) is 24.1 Å². The van der Waals surface area contributed by atoms with Gasteiger partial charge in [0.25, 0.3) is 0 Å². The third-order valence-electron chi connectivity index (χ3n) is 3.77. The van der Waals surface area contributed by atoms with Crippen molar-refractivity contribution in [1.29, 1.82) is 0 Å². The molecule has 1 fully saturated rings. The van der Waals surface area contributed by atoms with Crippen molar-refractivity contribution >= 4 is 16.6 Å². The van der Waals surface area contributed by atoms with Gasteiger partial charge in [0.15, 0.2) is 5.65 Å². The Kier molecular flexibility index (Phi) is 2.94. The quantitative estimate of drug-likeness (QED) is 0.679. The van der Waals surface area contributed by atoms with Gasteiger partial charge in [-0.25, -0.2) is 14.2 Å². The first-order valence-electron chi connectivity index (χ1n) is 6.96. The van der Waals surface area contributed by atoms with Crippen molar-refractivity contribution < 1.29 is 4.74 Å². The van der Waals surface area contributed by atoms with Crippen LogP contribution in [-0.2, 0) is 11.4 Å². The Morgan fingerprint density at radius 2 is 2.00 bits per heavy atom. The molecule has 4 rings (SSSR count). The van der Waals surface area contributed by atoms with Gasteiger partial charge >= 0.3 is 5.69 Å². The van der Waals surface area contributed by atoms with Gasteiger partial charge in [-0.1, -0.05) is 12.1 Å². The van der Waals surface area contributed by atoms with Gasteiger partial charge in [-0.3, -0.25) is 4.90 Å². The van der Waals surface area contributed by atoms with Gasteiger partial charge in [0.05, 0.1) is 25.4 Å².